The minimum atomic E-state index is 0.0997. The van der Waals surface area contributed by atoms with Crippen LogP contribution in [0.4, 0.5) is 0 Å². The van der Waals surface area contributed by atoms with Gasteiger partial charge < -0.3 is 9.84 Å². The largest absolute Gasteiger partial charge is 0.472 e. The van der Waals surface area contributed by atoms with E-state index >= 15 is 0 Å². The van der Waals surface area contributed by atoms with Crippen LogP contribution in [-0.4, -0.2) is 23.3 Å². The lowest BCUT2D eigenvalue weighted by Crippen LogP contribution is -2.01. The van der Waals surface area contributed by atoms with Crippen LogP contribution in [-0.2, 0) is 0 Å². The van der Waals surface area contributed by atoms with Crippen molar-refractivity contribution >= 4 is 21.6 Å². The second kappa shape index (κ2) is 5.98. The van der Waals surface area contributed by atoms with Gasteiger partial charge in [-0.3, -0.25) is 0 Å². The van der Waals surface area contributed by atoms with Crippen molar-refractivity contribution in [2.24, 2.45) is 0 Å². The summed E-state index contributed by atoms with van der Waals surface area (Å²) in [6, 6.07) is 5.58. The number of allylic oxidation sites excluding steroid dienone is 2. The van der Waals surface area contributed by atoms with E-state index in [0.717, 1.165) is 9.81 Å². The average Bonchev–Trinajstić information content (AvgIpc) is 2.38. The van der Waals surface area contributed by atoms with Crippen molar-refractivity contribution in [1.82, 2.24) is 4.98 Å². The molecule has 0 fully saturated rings. The van der Waals surface area contributed by atoms with E-state index in [1.54, 1.807) is 27.8 Å². The molecule has 0 atom stereocenters. The molecule has 1 aliphatic rings. The molecule has 0 saturated carbocycles. The van der Waals surface area contributed by atoms with Gasteiger partial charge in [0.15, 0.2) is 0 Å². The van der Waals surface area contributed by atoms with E-state index in [9.17, 15) is 0 Å². The van der Waals surface area contributed by atoms with Crippen molar-refractivity contribution in [1.29, 1.82) is 0 Å². The van der Waals surface area contributed by atoms with E-state index in [2.05, 4.69) is 4.98 Å². The number of aliphatic hydroxyl groups is 1. The van der Waals surface area contributed by atoms with Crippen molar-refractivity contribution in [3.05, 3.63) is 46.4 Å². The van der Waals surface area contributed by atoms with Gasteiger partial charge in [0.05, 0.1) is 6.61 Å². The highest BCUT2D eigenvalue weighted by Crippen LogP contribution is 2.39. The van der Waals surface area contributed by atoms with Crippen molar-refractivity contribution < 1.29 is 9.84 Å². The molecule has 1 aliphatic heterocycles. The number of rotatable bonds is 4. The van der Waals surface area contributed by atoms with Crippen LogP contribution in [0, 0.1) is 0 Å². The van der Waals surface area contributed by atoms with Gasteiger partial charge in [-0.15, -0.1) is 0 Å². The number of aromatic nitrogens is 1. The van der Waals surface area contributed by atoms with E-state index in [1.807, 2.05) is 30.4 Å². The standard InChI is InChI=1S/C11H11NO2S2/c13-7-9-4-5-10(16-15-9)8-14-11-3-1-2-6-12-11/h1-6,13H,7-8H2. The second-order valence-corrected chi connectivity index (χ2v) is 5.43. The maximum absolute atomic E-state index is 8.91. The zero-order valence-electron chi connectivity index (χ0n) is 8.50. The van der Waals surface area contributed by atoms with Gasteiger partial charge in [0.2, 0.25) is 5.88 Å². The molecule has 0 aliphatic carbocycles. The number of pyridine rings is 1. The molecule has 1 N–H and O–H groups in total. The highest BCUT2D eigenvalue weighted by atomic mass is 33.1. The third kappa shape index (κ3) is 3.30. The third-order valence-corrected chi connectivity index (χ3v) is 4.43. The first-order valence-corrected chi connectivity index (χ1v) is 6.92. The van der Waals surface area contributed by atoms with Crippen molar-refractivity contribution in [3.63, 3.8) is 0 Å². The summed E-state index contributed by atoms with van der Waals surface area (Å²) in [5.74, 6) is 0.630. The van der Waals surface area contributed by atoms with E-state index in [0.29, 0.717) is 12.5 Å². The summed E-state index contributed by atoms with van der Waals surface area (Å²) in [4.78, 5) is 6.16. The molecule has 2 heterocycles. The maximum atomic E-state index is 8.91. The van der Waals surface area contributed by atoms with Crippen molar-refractivity contribution in [3.8, 4) is 5.88 Å². The average molecular weight is 253 g/mol. The monoisotopic (exact) mass is 253 g/mol. The number of hydrogen-bond acceptors (Lipinski definition) is 5. The van der Waals surface area contributed by atoms with Gasteiger partial charge in [0.1, 0.15) is 6.61 Å². The Morgan fingerprint density at radius 2 is 2.00 bits per heavy atom. The Labute approximate surface area is 102 Å². The lowest BCUT2D eigenvalue weighted by atomic mass is 10.4. The van der Waals surface area contributed by atoms with Crippen LogP contribution in [0.25, 0.3) is 0 Å². The zero-order chi connectivity index (χ0) is 11.2. The Morgan fingerprint density at radius 1 is 1.19 bits per heavy atom. The summed E-state index contributed by atoms with van der Waals surface area (Å²) in [5, 5.41) is 8.91. The normalized spacial score (nSPS) is 15.3. The summed E-state index contributed by atoms with van der Waals surface area (Å²) < 4.78 is 5.51. The molecule has 0 spiro atoms. The molecule has 84 valence electrons. The Bertz CT molecular complexity index is 404. The fraction of sp³-hybridized carbons (Fsp3) is 0.182. The Kier molecular flexibility index (Phi) is 4.33. The van der Waals surface area contributed by atoms with Gasteiger partial charge in [-0.2, -0.15) is 0 Å². The smallest absolute Gasteiger partial charge is 0.213 e. The van der Waals surface area contributed by atoms with Crippen LogP contribution in [0.2, 0.25) is 0 Å². The first-order valence-electron chi connectivity index (χ1n) is 4.77. The fourth-order valence-corrected chi connectivity index (χ4v) is 2.98. The van der Waals surface area contributed by atoms with Crippen LogP contribution in [0.3, 0.4) is 0 Å². The number of nitrogens with zero attached hydrogens (tertiary/aromatic N) is 1. The molecule has 0 saturated heterocycles. The molecule has 0 radical (unpaired) electrons. The third-order valence-electron chi connectivity index (χ3n) is 1.87. The van der Waals surface area contributed by atoms with E-state index < -0.39 is 0 Å². The molecule has 0 amide bonds. The molecule has 16 heavy (non-hydrogen) atoms. The van der Waals surface area contributed by atoms with Crippen LogP contribution in [0.1, 0.15) is 0 Å². The molecule has 0 unspecified atom stereocenters. The first-order chi connectivity index (χ1) is 7.88. The van der Waals surface area contributed by atoms with Crippen molar-refractivity contribution in [2.75, 3.05) is 13.2 Å². The predicted molar refractivity (Wildman–Crippen MR) is 68.2 cm³/mol. The molecular weight excluding hydrogens is 242 g/mol. The highest BCUT2D eigenvalue weighted by molar-refractivity contribution is 8.79. The lowest BCUT2D eigenvalue weighted by Gasteiger charge is -2.12. The van der Waals surface area contributed by atoms with Crippen LogP contribution in [0.5, 0.6) is 5.88 Å². The molecule has 1 aromatic rings. The van der Waals surface area contributed by atoms with Crippen LogP contribution < -0.4 is 4.74 Å². The van der Waals surface area contributed by atoms with Crippen LogP contribution >= 0.6 is 21.6 Å². The fourth-order valence-electron chi connectivity index (χ4n) is 1.08. The minimum absolute atomic E-state index is 0.0997. The Balaban J connectivity index is 1.88. The van der Waals surface area contributed by atoms with Crippen molar-refractivity contribution in [2.45, 2.75) is 0 Å². The summed E-state index contributed by atoms with van der Waals surface area (Å²) in [7, 11) is 3.18. The molecule has 1 aromatic heterocycles. The Morgan fingerprint density at radius 3 is 2.62 bits per heavy atom. The van der Waals surface area contributed by atoms with E-state index in [4.69, 9.17) is 9.84 Å². The van der Waals surface area contributed by atoms with Gasteiger partial charge in [-0.1, -0.05) is 27.7 Å². The summed E-state index contributed by atoms with van der Waals surface area (Å²) in [5.41, 5.74) is 0. The van der Waals surface area contributed by atoms with Gasteiger partial charge in [0, 0.05) is 22.1 Å². The van der Waals surface area contributed by atoms with Gasteiger partial charge in [-0.05, 0) is 18.2 Å². The van der Waals surface area contributed by atoms with E-state index in [-0.39, 0.29) is 6.61 Å². The second-order valence-electron chi connectivity index (χ2n) is 3.05. The van der Waals surface area contributed by atoms with Crippen LogP contribution in [0.15, 0.2) is 46.4 Å². The predicted octanol–water partition coefficient (Wildman–Crippen LogP) is 2.62. The van der Waals surface area contributed by atoms with E-state index in [1.165, 1.54) is 0 Å². The molecule has 2 rings (SSSR count). The molecule has 5 heteroatoms. The minimum Gasteiger partial charge on any atom is -0.472 e. The molecule has 0 aromatic carbocycles. The summed E-state index contributed by atoms with van der Waals surface area (Å²) >= 11 is 0. The number of aliphatic hydroxyl groups excluding tert-OH is 1. The van der Waals surface area contributed by atoms with Gasteiger partial charge in [0.25, 0.3) is 0 Å². The number of hydrogen-bond donors (Lipinski definition) is 1. The molecule has 3 nitrogen and oxygen atoms in total. The first kappa shape index (κ1) is 11.6. The molecular formula is C11H11NO2S2. The Hall–Kier alpha value is -0.910. The topological polar surface area (TPSA) is 42.4 Å². The quantitative estimate of drug-likeness (QED) is 0.835. The molecule has 0 bridgehead atoms. The zero-order valence-corrected chi connectivity index (χ0v) is 10.1. The van der Waals surface area contributed by atoms with Gasteiger partial charge >= 0.3 is 0 Å². The SMILES string of the molecule is OCC1=CC=C(COc2ccccn2)SS1. The summed E-state index contributed by atoms with van der Waals surface area (Å²) in [6.07, 6.45) is 5.59. The number of ether oxygens (including phenoxy) is 1. The highest BCUT2D eigenvalue weighted by Gasteiger charge is 2.08. The summed E-state index contributed by atoms with van der Waals surface area (Å²) in [6.45, 7) is 0.617. The van der Waals surface area contributed by atoms with Gasteiger partial charge in [-0.25, -0.2) is 4.98 Å². The maximum Gasteiger partial charge on any atom is 0.213 e. The lowest BCUT2D eigenvalue weighted by molar-refractivity contribution is 0.339.